The third kappa shape index (κ3) is 2.97. The minimum Gasteiger partial charge on any atom is -0.379 e. The second-order valence-electron chi connectivity index (χ2n) is 3.91. The lowest BCUT2D eigenvalue weighted by molar-refractivity contribution is 0.728. The van der Waals surface area contributed by atoms with E-state index in [0.29, 0.717) is 6.54 Å². The van der Waals surface area contributed by atoms with Crippen molar-refractivity contribution >= 4 is 17.0 Å². The van der Waals surface area contributed by atoms with Crippen LogP contribution < -0.4 is 10.9 Å². The molecule has 3 nitrogen and oxygen atoms in total. The molecule has 90 valence electrons. The van der Waals surface area contributed by atoms with E-state index < -0.39 is 0 Å². The highest BCUT2D eigenvalue weighted by Gasteiger charge is 1.99. The van der Waals surface area contributed by atoms with Gasteiger partial charge in [0.2, 0.25) is 0 Å². The van der Waals surface area contributed by atoms with E-state index in [1.54, 1.807) is 22.0 Å². The fourth-order valence-electron chi connectivity index (χ4n) is 1.65. The van der Waals surface area contributed by atoms with E-state index in [1.807, 2.05) is 19.2 Å². The number of hydrogen-bond donors (Lipinski definition) is 1. The Morgan fingerprint density at radius 1 is 1.29 bits per heavy atom. The summed E-state index contributed by atoms with van der Waals surface area (Å²) in [6.45, 7) is 5.58. The van der Waals surface area contributed by atoms with Crippen LogP contribution in [0.4, 0.5) is 5.69 Å². The molecule has 0 fully saturated rings. The molecule has 4 heteroatoms. The number of aromatic nitrogens is 1. The predicted octanol–water partition coefficient (Wildman–Crippen LogP) is 2.85. The van der Waals surface area contributed by atoms with Gasteiger partial charge in [0.1, 0.15) is 0 Å². The zero-order valence-electron chi connectivity index (χ0n) is 10.1. The Morgan fingerprint density at radius 2 is 2.12 bits per heavy atom. The van der Waals surface area contributed by atoms with Gasteiger partial charge in [0.15, 0.2) is 0 Å². The van der Waals surface area contributed by atoms with E-state index in [0.717, 1.165) is 12.2 Å². The first-order valence-corrected chi connectivity index (χ1v) is 6.50. The molecule has 0 atom stereocenters. The quantitative estimate of drug-likeness (QED) is 0.902. The predicted molar refractivity (Wildman–Crippen MR) is 72.8 cm³/mol. The molecule has 0 spiro atoms. The molecule has 0 radical (unpaired) electrons. The molecule has 2 aromatic heterocycles. The molecule has 0 saturated carbocycles. The van der Waals surface area contributed by atoms with Crippen LogP contribution in [0.15, 0.2) is 35.3 Å². The lowest BCUT2D eigenvalue weighted by atomic mass is 10.3. The molecule has 1 N–H and O–H groups in total. The summed E-state index contributed by atoms with van der Waals surface area (Å²) in [6.07, 6.45) is 1.86. The molecular weight excluding hydrogens is 232 g/mol. The molecule has 2 rings (SSSR count). The third-order valence-electron chi connectivity index (χ3n) is 2.59. The normalized spacial score (nSPS) is 10.5. The SMILES string of the molecule is CCn1cc(NCc2ccc(C)s2)ccc1=O. The number of anilines is 1. The number of rotatable bonds is 4. The minimum absolute atomic E-state index is 0.0463. The molecule has 0 aromatic carbocycles. The Balaban J connectivity index is 2.06. The molecule has 2 heterocycles. The highest BCUT2D eigenvalue weighted by atomic mass is 32.1. The van der Waals surface area contributed by atoms with Crippen LogP contribution in [0, 0.1) is 6.92 Å². The average molecular weight is 248 g/mol. The fraction of sp³-hybridized carbons (Fsp3) is 0.308. The lowest BCUT2D eigenvalue weighted by Gasteiger charge is -2.07. The Kier molecular flexibility index (Phi) is 3.64. The molecule has 17 heavy (non-hydrogen) atoms. The molecule has 2 aromatic rings. The largest absolute Gasteiger partial charge is 0.379 e. The molecule has 0 aliphatic carbocycles. The van der Waals surface area contributed by atoms with E-state index in [-0.39, 0.29) is 5.56 Å². The summed E-state index contributed by atoms with van der Waals surface area (Å²) in [7, 11) is 0. The lowest BCUT2D eigenvalue weighted by Crippen LogP contribution is -2.17. The van der Waals surface area contributed by atoms with Crippen molar-refractivity contribution in [3.8, 4) is 0 Å². The zero-order chi connectivity index (χ0) is 12.3. The van der Waals surface area contributed by atoms with E-state index >= 15 is 0 Å². The average Bonchev–Trinajstić information content (AvgIpc) is 2.74. The van der Waals surface area contributed by atoms with Crippen LogP contribution in [0.5, 0.6) is 0 Å². The van der Waals surface area contributed by atoms with Gasteiger partial charge in [0, 0.05) is 35.1 Å². The molecule has 0 unspecified atom stereocenters. The summed E-state index contributed by atoms with van der Waals surface area (Å²) >= 11 is 1.79. The van der Waals surface area contributed by atoms with Crippen molar-refractivity contribution in [2.75, 3.05) is 5.32 Å². The van der Waals surface area contributed by atoms with Crippen molar-refractivity contribution in [2.45, 2.75) is 26.9 Å². The van der Waals surface area contributed by atoms with Crippen LogP contribution in [0.3, 0.4) is 0 Å². The summed E-state index contributed by atoms with van der Waals surface area (Å²) in [5, 5.41) is 3.33. The van der Waals surface area contributed by atoms with Gasteiger partial charge in [-0.2, -0.15) is 0 Å². The van der Waals surface area contributed by atoms with E-state index in [1.165, 1.54) is 9.75 Å². The maximum Gasteiger partial charge on any atom is 0.250 e. The standard InChI is InChI=1S/C13H16N2OS/c1-3-15-9-11(5-7-13(15)16)14-8-12-6-4-10(2)17-12/h4-7,9,14H,3,8H2,1-2H3. The van der Waals surface area contributed by atoms with Gasteiger partial charge in [0.05, 0.1) is 5.69 Å². The van der Waals surface area contributed by atoms with E-state index in [2.05, 4.69) is 24.4 Å². The van der Waals surface area contributed by atoms with E-state index in [4.69, 9.17) is 0 Å². The van der Waals surface area contributed by atoms with Crippen LogP contribution in [0.25, 0.3) is 0 Å². The summed E-state index contributed by atoms with van der Waals surface area (Å²) in [4.78, 5) is 14.0. The van der Waals surface area contributed by atoms with Crippen molar-refractivity contribution in [1.82, 2.24) is 4.57 Å². The van der Waals surface area contributed by atoms with Gasteiger partial charge in [-0.15, -0.1) is 11.3 Å². The topological polar surface area (TPSA) is 34.0 Å². The maximum absolute atomic E-state index is 11.4. The Labute approximate surface area is 105 Å². The number of nitrogens with one attached hydrogen (secondary N) is 1. The smallest absolute Gasteiger partial charge is 0.250 e. The Hall–Kier alpha value is -1.55. The van der Waals surface area contributed by atoms with Crippen molar-refractivity contribution in [3.05, 3.63) is 50.6 Å². The van der Waals surface area contributed by atoms with Crippen LogP contribution in [0.1, 0.15) is 16.7 Å². The molecule has 0 saturated heterocycles. The van der Waals surface area contributed by atoms with Crippen LogP contribution in [-0.4, -0.2) is 4.57 Å². The third-order valence-corrected chi connectivity index (χ3v) is 3.59. The van der Waals surface area contributed by atoms with Gasteiger partial charge in [-0.25, -0.2) is 0 Å². The summed E-state index contributed by atoms with van der Waals surface area (Å²) in [5.41, 5.74) is 1.03. The second-order valence-corrected chi connectivity index (χ2v) is 5.28. The van der Waals surface area contributed by atoms with Crippen LogP contribution in [-0.2, 0) is 13.1 Å². The number of pyridine rings is 1. The molecule has 0 aliphatic rings. The van der Waals surface area contributed by atoms with Crippen molar-refractivity contribution in [2.24, 2.45) is 0 Å². The van der Waals surface area contributed by atoms with Gasteiger partial charge in [0.25, 0.3) is 5.56 Å². The number of nitrogens with zero attached hydrogens (tertiary/aromatic N) is 1. The van der Waals surface area contributed by atoms with Crippen molar-refractivity contribution < 1.29 is 0 Å². The van der Waals surface area contributed by atoms with Gasteiger partial charge >= 0.3 is 0 Å². The molecule has 0 amide bonds. The van der Waals surface area contributed by atoms with Gasteiger partial charge < -0.3 is 9.88 Å². The van der Waals surface area contributed by atoms with Gasteiger partial charge in [-0.3, -0.25) is 4.79 Å². The fourth-order valence-corrected chi connectivity index (χ4v) is 2.48. The first-order valence-electron chi connectivity index (χ1n) is 5.68. The first-order chi connectivity index (χ1) is 8.19. The molecule has 0 bridgehead atoms. The van der Waals surface area contributed by atoms with Gasteiger partial charge in [-0.05, 0) is 32.0 Å². The summed E-state index contributed by atoms with van der Waals surface area (Å²) in [5.74, 6) is 0. The Morgan fingerprint density at radius 3 is 2.76 bits per heavy atom. The summed E-state index contributed by atoms with van der Waals surface area (Å²) in [6, 6.07) is 7.68. The first kappa shape index (κ1) is 11.9. The monoisotopic (exact) mass is 248 g/mol. The zero-order valence-corrected chi connectivity index (χ0v) is 10.9. The second kappa shape index (κ2) is 5.19. The van der Waals surface area contributed by atoms with Gasteiger partial charge in [-0.1, -0.05) is 0 Å². The number of hydrogen-bond acceptors (Lipinski definition) is 3. The van der Waals surface area contributed by atoms with Crippen molar-refractivity contribution in [1.29, 1.82) is 0 Å². The highest BCUT2D eigenvalue weighted by Crippen LogP contribution is 2.16. The highest BCUT2D eigenvalue weighted by molar-refractivity contribution is 7.11. The summed E-state index contributed by atoms with van der Waals surface area (Å²) < 4.78 is 1.70. The van der Waals surface area contributed by atoms with Crippen LogP contribution >= 0.6 is 11.3 Å². The number of aryl methyl sites for hydroxylation is 2. The maximum atomic E-state index is 11.4. The molecular formula is C13H16N2OS. The minimum atomic E-state index is 0.0463. The van der Waals surface area contributed by atoms with Crippen LogP contribution in [0.2, 0.25) is 0 Å². The van der Waals surface area contributed by atoms with E-state index in [9.17, 15) is 4.79 Å². The molecule has 0 aliphatic heterocycles. The number of thiophene rings is 1. The Bertz CT molecular complexity index is 557. The van der Waals surface area contributed by atoms with Crippen molar-refractivity contribution in [3.63, 3.8) is 0 Å².